The van der Waals surface area contributed by atoms with E-state index in [1.54, 1.807) is 12.1 Å². The third kappa shape index (κ3) is 4.20. The van der Waals surface area contributed by atoms with Crippen LogP contribution in [0.15, 0.2) is 29.2 Å². The molecule has 90 valence electrons. The van der Waals surface area contributed by atoms with Gasteiger partial charge in [-0.2, -0.15) is 0 Å². The largest absolute Gasteiger partial charge is 0.286 e. The fourth-order valence-corrected chi connectivity index (χ4v) is 2.63. The lowest BCUT2D eigenvalue weighted by Gasteiger charge is -2.09. The molecule has 0 fully saturated rings. The van der Waals surface area contributed by atoms with Gasteiger partial charge in [0.15, 0.2) is 8.77 Å². The molecule has 0 bridgehead atoms. The Bertz CT molecular complexity index is 419. The molecule has 0 aromatic heterocycles. The molecule has 0 aliphatic carbocycles. The zero-order valence-electron chi connectivity index (χ0n) is 9.93. The second-order valence-electron chi connectivity index (χ2n) is 4.27. The Morgan fingerprint density at radius 2 is 1.88 bits per heavy atom. The van der Waals surface area contributed by atoms with Crippen LogP contribution in [0.5, 0.6) is 0 Å². The average Bonchev–Trinajstić information content (AvgIpc) is 2.17. The van der Waals surface area contributed by atoms with Crippen LogP contribution in [-0.4, -0.2) is 10.8 Å². The first kappa shape index (κ1) is 13.6. The lowest BCUT2D eigenvalue weighted by atomic mass is 10.2. The number of rotatable bonds is 5. The molecular weight excluding hydrogens is 240 g/mol. The Hall–Kier alpha value is -0.450. The van der Waals surface area contributed by atoms with Crippen molar-refractivity contribution in [1.29, 1.82) is 0 Å². The van der Waals surface area contributed by atoms with E-state index >= 15 is 0 Å². The fraction of sp³-hybridized carbons (Fsp3) is 0.500. The van der Waals surface area contributed by atoms with Crippen LogP contribution in [0, 0.1) is 12.8 Å². The predicted octanol–water partition coefficient (Wildman–Crippen LogP) is 3.08. The third-order valence-electron chi connectivity index (χ3n) is 2.24. The summed E-state index contributed by atoms with van der Waals surface area (Å²) in [5.41, 5.74) is 1.12. The summed E-state index contributed by atoms with van der Waals surface area (Å²) in [5, 5.41) is 0. The maximum Gasteiger partial charge on any atom is 0.173 e. The van der Waals surface area contributed by atoms with Gasteiger partial charge in [-0.15, -0.1) is 0 Å². The summed E-state index contributed by atoms with van der Waals surface area (Å²) >= 11 is 5.01. The number of hydrogen-bond acceptors (Lipinski definition) is 3. The van der Waals surface area contributed by atoms with Crippen LogP contribution in [0.4, 0.5) is 0 Å². The van der Waals surface area contributed by atoms with Crippen LogP contribution in [0.25, 0.3) is 0 Å². The van der Waals surface area contributed by atoms with E-state index in [-0.39, 0.29) is 0 Å². The highest BCUT2D eigenvalue weighted by atomic mass is 32.8. The van der Waals surface area contributed by atoms with Crippen molar-refractivity contribution in [2.45, 2.75) is 32.1 Å². The summed E-state index contributed by atoms with van der Waals surface area (Å²) in [5.74, 6) is 0.531. The molecule has 1 aromatic rings. The topological polar surface area (TPSA) is 26.3 Å². The molecule has 0 aliphatic heterocycles. The van der Waals surface area contributed by atoms with Gasteiger partial charge in [0.05, 0.1) is 11.5 Å². The highest BCUT2D eigenvalue weighted by molar-refractivity contribution is 8.30. The Kier molecular flexibility index (Phi) is 4.89. The zero-order valence-corrected chi connectivity index (χ0v) is 11.6. The lowest BCUT2D eigenvalue weighted by Crippen LogP contribution is -2.07. The summed E-state index contributed by atoms with van der Waals surface area (Å²) < 4.78 is 17.4. The van der Waals surface area contributed by atoms with Crippen molar-refractivity contribution in [3.8, 4) is 0 Å². The van der Waals surface area contributed by atoms with Crippen molar-refractivity contribution in [2.24, 2.45) is 5.92 Å². The second kappa shape index (κ2) is 5.75. The minimum absolute atomic E-state index is 0.452. The molecule has 0 aliphatic rings. The van der Waals surface area contributed by atoms with Gasteiger partial charge in [0.25, 0.3) is 0 Å². The van der Waals surface area contributed by atoms with Gasteiger partial charge in [-0.05, 0) is 31.4 Å². The molecule has 1 rings (SSSR count). The highest BCUT2D eigenvalue weighted by Gasteiger charge is 2.10. The van der Waals surface area contributed by atoms with Gasteiger partial charge in [0.2, 0.25) is 0 Å². The summed E-state index contributed by atoms with van der Waals surface area (Å²) in [7, 11) is -2.74. The molecular formula is C12H18O2S2. The molecule has 0 saturated heterocycles. The van der Waals surface area contributed by atoms with Gasteiger partial charge in [0, 0.05) is 11.2 Å². The first-order chi connectivity index (χ1) is 7.42. The molecule has 0 heterocycles. The first-order valence-electron chi connectivity index (χ1n) is 5.38. The van der Waals surface area contributed by atoms with Crippen LogP contribution in [0.2, 0.25) is 0 Å². The highest BCUT2D eigenvalue weighted by Crippen LogP contribution is 2.14. The molecule has 0 spiro atoms. The SMILES string of the molecule is Cc1ccc(S(=O)(=S)OCCC(C)C)cc1. The maximum atomic E-state index is 12.1. The van der Waals surface area contributed by atoms with Crippen molar-refractivity contribution in [3.63, 3.8) is 0 Å². The quantitative estimate of drug-likeness (QED) is 0.812. The zero-order chi connectivity index (χ0) is 12.2. The van der Waals surface area contributed by atoms with Gasteiger partial charge in [0.1, 0.15) is 0 Å². The van der Waals surface area contributed by atoms with Crippen LogP contribution >= 0.6 is 0 Å². The third-order valence-corrected chi connectivity index (χ3v) is 4.44. The Balaban J connectivity index is 2.67. The molecule has 16 heavy (non-hydrogen) atoms. The van der Waals surface area contributed by atoms with E-state index in [0.717, 1.165) is 12.0 Å². The van der Waals surface area contributed by atoms with Crippen molar-refractivity contribution in [2.75, 3.05) is 6.61 Å². The molecule has 0 saturated carbocycles. The van der Waals surface area contributed by atoms with Crippen molar-refractivity contribution >= 4 is 20.0 Å². The fourth-order valence-electron chi connectivity index (χ4n) is 1.17. The Morgan fingerprint density at radius 3 is 2.38 bits per heavy atom. The molecule has 1 atom stereocenters. The minimum Gasteiger partial charge on any atom is -0.286 e. The predicted molar refractivity (Wildman–Crippen MR) is 70.4 cm³/mol. The Morgan fingerprint density at radius 1 is 1.31 bits per heavy atom. The van der Waals surface area contributed by atoms with E-state index in [1.165, 1.54) is 0 Å². The van der Waals surface area contributed by atoms with Crippen molar-refractivity contribution < 1.29 is 8.39 Å². The summed E-state index contributed by atoms with van der Waals surface area (Å²) in [4.78, 5) is 0.594. The standard InChI is InChI=1S/C12H18O2S2/c1-10(2)8-9-14-16(13,15)12-6-4-11(3)5-7-12/h4-7,10H,8-9H2,1-3H3. The van der Waals surface area contributed by atoms with Crippen molar-refractivity contribution in [1.82, 2.24) is 0 Å². The summed E-state index contributed by atoms with van der Waals surface area (Å²) in [6.45, 7) is 6.63. The summed E-state index contributed by atoms with van der Waals surface area (Å²) in [6.07, 6.45) is 0.874. The average molecular weight is 258 g/mol. The monoisotopic (exact) mass is 258 g/mol. The summed E-state index contributed by atoms with van der Waals surface area (Å²) in [6, 6.07) is 7.35. The van der Waals surface area contributed by atoms with Crippen LogP contribution < -0.4 is 0 Å². The van der Waals surface area contributed by atoms with E-state index in [1.807, 2.05) is 19.1 Å². The minimum atomic E-state index is -2.74. The van der Waals surface area contributed by atoms with E-state index in [0.29, 0.717) is 17.4 Å². The molecule has 0 amide bonds. The maximum absolute atomic E-state index is 12.1. The lowest BCUT2D eigenvalue weighted by molar-refractivity contribution is 0.314. The van der Waals surface area contributed by atoms with Gasteiger partial charge in [-0.25, -0.2) is 4.21 Å². The number of benzene rings is 1. The normalized spacial score (nSPS) is 15.0. The van der Waals surface area contributed by atoms with Gasteiger partial charge >= 0.3 is 0 Å². The Labute approximate surface area is 103 Å². The van der Waals surface area contributed by atoms with Gasteiger partial charge in [-0.3, -0.25) is 4.18 Å². The molecule has 1 unspecified atom stereocenters. The van der Waals surface area contributed by atoms with Gasteiger partial charge in [-0.1, -0.05) is 31.5 Å². The van der Waals surface area contributed by atoms with E-state index in [2.05, 4.69) is 13.8 Å². The van der Waals surface area contributed by atoms with E-state index in [4.69, 9.17) is 15.4 Å². The van der Waals surface area contributed by atoms with Crippen molar-refractivity contribution in [3.05, 3.63) is 29.8 Å². The van der Waals surface area contributed by atoms with Crippen LogP contribution in [-0.2, 0) is 24.1 Å². The molecule has 4 heteroatoms. The van der Waals surface area contributed by atoms with Crippen LogP contribution in [0.1, 0.15) is 25.8 Å². The van der Waals surface area contributed by atoms with Crippen LogP contribution in [0.3, 0.4) is 0 Å². The van der Waals surface area contributed by atoms with E-state index < -0.39 is 8.77 Å². The molecule has 0 N–H and O–H groups in total. The molecule has 1 aromatic carbocycles. The second-order valence-corrected chi connectivity index (χ2v) is 7.20. The number of aryl methyl sites for hydroxylation is 1. The van der Waals surface area contributed by atoms with Gasteiger partial charge < -0.3 is 0 Å². The molecule has 2 nitrogen and oxygen atoms in total. The first-order valence-corrected chi connectivity index (χ1v) is 7.79. The smallest absolute Gasteiger partial charge is 0.173 e. The van der Waals surface area contributed by atoms with E-state index in [9.17, 15) is 4.21 Å². The number of hydrogen-bond donors (Lipinski definition) is 0. The molecule has 0 radical (unpaired) electrons.